The Morgan fingerprint density at radius 2 is 1.94 bits per heavy atom. The van der Waals surface area contributed by atoms with E-state index < -0.39 is 5.97 Å². The van der Waals surface area contributed by atoms with E-state index in [4.69, 9.17) is 4.74 Å². The van der Waals surface area contributed by atoms with E-state index in [0.29, 0.717) is 0 Å². The number of hydrogen-bond donors (Lipinski definition) is 2. The molecule has 0 aliphatic heterocycles. The first-order valence-electron chi connectivity index (χ1n) is 5.22. The molecule has 0 atom stereocenters. The topological polar surface area (TPSA) is 84.9 Å². The molecule has 0 aliphatic rings. The van der Waals surface area contributed by atoms with Gasteiger partial charge < -0.3 is 19.9 Å². The third kappa shape index (κ3) is 2.78. The molecule has 6 heteroatoms. The molecule has 18 heavy (non-hydrogen) atoms. The number of likely N-dealkylation sites (N-methyl/N-ethyl adjacent to an activating group) is 1. The Hall–Kier alpha value is -2.08. The molecule has 0 heterocycles. The van der Waals surface area contributed by atoms with E-state index in [1.807, 2.05) is 0 Å². The second kappa shape index (κ2) is 6.02. The highest BCUT2D eigenvalue weighted by molar-refractivity contribution is 6.03. The molecule has 2 N–H and O–H groups in total. The lowest BCUT2D eigenvalue weighted by atomic mass is 10.0. The smallest absolute Gasteiger partial charge is 0.341 e. The molecule has 0 unspecified atom stereocenters. The molecule has 0 spiro atoms. The Balaban J connectivity index is 3.30. The van der Waals surface area contributed by atoms with Gasteiger partial charge in [0.15, 0.2) is 5.78 Å². The minimum absolute atomic E-state index is 0.0715. The number of esters is 1. The average Bonchev–Trinajstić information content (AvgIpc) is 2.37. The quantitative estimate of drug-likeness (QED) is 0.590. The predicted octanol–water partition coefficient (Wildman–Crippen LogP) is 0.590. The van der Waals surface area contributed by atoms with Crippen molar-refractivity contribution in [1.82, 2.24) is 5.32 Å². The summed E-state index contributed by atoms with van der Waals surface area (Å²) in [6.07, 6.45) is 0. The average molecular weight is 253 g/mol. The fourth-order valence-corrected chi connectivity index (χ4v) is 1.49. The molecule has 0 saturated carbocycles. The van der Waals surface area contributed by atoms with E-state index in [-0.39, 0.29) is 35.0 Å². The van der Waals surface area contributed by atoms with Crippen molar-refractivity contribution in [3.05, 3.63) is 23.3 Å². The van der Waals surface area contributed by atoms with Crippen molar-refractivity contribution in [2.24, 2.45) is 0 Å². The third-order valence-corrected chi connectivity index (χ3v) is 2.36. The monoisotopic (exact) mass is 253 g/mol. The molecule has 1 aromatic rings. The molecule has 0 fully saturated rings. The number of Topliss-reactive ketones (excluding diaryl/α,β-unsaturated/α-hetero) is 1. The SMILES string of the molecule is CNCC(=O)c1cc(C(=O)OC)c(O)cc1OC. The molecule has 0 saturated heterocycles. The standard InChI is InChI=1S/C12H15NO5/c1-13-6-10(15)7-4-8(12(16)18-3)9(14)5-11(7)17-2/h4-5,13-14H,6H2,1-3H3. The maximum absolute atomic E-state index is 11.8. The fourth-order valence-electron chi connectivity index (χ4n) is 1.49. The van der Waals surface area contributed by atoms with Gasteiger partial charge in [0, 0.05) is 6.07 Å². The van der Waals surface area contributed by atoms with Crippen LogP contribution in [0.4, 0.5) is 0 Å². The van der Waals surface area contributed by atoms with Gasteiger partial charge in [-0.1, -0.05) is 0 Å². The number of nitrogens with one attached hydrogen (secondary N) is 1. The van der Waals surface area contributed by atoms with E-state index in [0.717, 1.165) is 0 Å². The first-order chi connectivity index (χ1) is 8.54. The number of phenolic OH excluding ortho intramolecular Hbond substituents is 1. The van der Waals surface area contributed by atoms with Gasteiger partial charge in [-0.25, -0.2) is 4.79 Å². The molecule has 1 rings (SSSR count). The Kier molecular flexibility index (Phi) is 4.67. The molecule has 0 aromatic heterocycles. The zero-order valence-electron chi connectivity index (χ0n) is 10.4. The number of methoxy groups -OCH3 is 2. The highest BCUT2D eigenvalue weighted by Crippen LogP contribution is 2.29. The highest BCUT2D eigenvalue weighted by Gasteiger charge is 2.19. The number of phenols is 1. The van der Waals surface area contributed by atoms with Crippen molar-refractivity contribution in [3.8, 4) is 11.5 Å². The Bertz CT molecular complexity index is 470. The molecule has 6 nitrogen and oxygen atoms in total. The van der Waals surface area contributed by atoms with E-state index in [2.05, 4.69) is 10.1 Å². The second-order valence-electron chi connectivity index (χ2n) is 3.51. The first kappa shape index (κ1) is 14.0. The third-order valence-electron chi connectivity index (χ3n) is 2.36. The zero-order valence-corrected chi connectivity index (χ0v) is 10.4. The Labute approximate surface area is 105 Å². The molecule has 0 aliphatic carbocycles. The minimum atomic E-state index is -0.714. The molecule has 0 amide bonds. The van der Waals surface area contributed by atoms with Gasteiger partial charge in [-0.15, -0.1) is 0 Å². The van der Waals surface area contributed by atoms with Gasteiger partial charge in [-0.2, -0.15) is 0 Å². The highest BCUT2D eigenvalue weighted by atomic mass is 16.5. The van der Waals surface area contributed by atoms with Crippen molar-refractivity contribution in [3.63, 3.8) is 0 Å². The zero-order chi connectivity index (χ0) is 13.7. The van der Waals surface area contributed by atoms with Crippen molar-refractivity contribution >= 4 is 11.8 Å². The van der Waals surface area contributed by atoms with E-state index >= 15 is 0 Å². The summed E-state index contributed by atoms with van der Waals surface area (Å²) < 4.78 is 9.52. The number of rotatable bonds is 5. The number of benzene rings is 1. The van der Waals surface area contributed by atoms with Crippen LogP contribution in [0.2, 0.25) is 0 Å². The van der Waals surface area contributed by atoms with Crippen LogP contribution in [0.15, 0.2) is 12.1 Å². The number of aromatic hydroxyl groups is 1. The summed E-state index contributed by atoms with van der Waals surface area (Å²) in [5, 5.41) is 12.4. The minimum Gasteiger partial charge on any atom is -0.507 e. The Morgan fingerprint density at radius 3 is 2.44 bits per heavy atom. The fraction of sp³-hybridized carbons (Fsp3) is 0.333. The van der Waals surface area contributed by atoms with Crippen molar-refractivity contribution in [2.75, 3.05) is 27.8 Å². The first-order valence-corrected chi connectivity index (χ1v) is 5.22. The summed E-state index contributed by atoms with van der Waals surface area (Å²) in [5.41, 5.74) is 0.141. The van der Waals surface area contributed by atoms with Gasteiger partial charge in [0.25, 0.3) is 0 Å². The van der Waals surface area contributed by atoms with Gasteiger partial charge in [-0.05, 0) is 13.1 Å². The molecular formula is C12H15NO5. The second-order valence-corrected chi connectivity index (χ2v) is 3.51. The molecule has 0 bridgehead atoms. The normalized spacial score (nSPS) is 9.94. The van der Waals surface area contributed by atoms with Gasteiger partial charge in [0.2, 0.25) is 0 Å². The van der Waals surface area contributed by atoms with Crippen LogP contribution in [-0.4, -0.2) is 44.7 Å². The maximum Gasteiger partial charge on any atom is 0.341 e. The lowest BCUT2D eigenvalue weighted by molar-refractivity contribution is 0.0597. The summed E-state index contributed by atoms with van der Waals surface area (Å²) in [7, 11) is 4.20. The summed E-state index contributed by atoms with van der Waals surface area (Å²) >= 11 is 0. The van der Waals surface area contributed by atoms with Crippen molar-refractivity contribution in [1.29, 1.82) is 0 Å². The summed E-state index contributed by atoms with van der Waals surface area (Å²) in [4.78, 5) is 23.2. The van der Waals surface area contributed by atoms with Crippen molar-refractivity contribution in [2.45, 2.75) is 0 Å². The summed E-state index contributed by atoms with van der Waals surface area (Å²) in [6.45, 7) is 0.0990. The lowest BCUT2D eigenvalue weighted by Crippen LogP contribution is -2.19. The van der Waals surface area contributed by atoms with E-state index in [1.54, 1.807) is 7.05 Å². The molecular weight excluding hydrogens is 238 g/mol. The van der Waals surface area contributed by atoms with Crippen LogP contribution in [0.1, 0.15) is 20.7 Å². The maximum atomic E-state index is 11.8. The number of hydrogen-bond acceptors (Lipinski definition) is 6. The summed E-state index contributed by atoms with van der Waals surface area (Å²) in [6, 6.07) is 2.48. The van der Waals surface area contributed by atoms with Gasteiger partial charge in [-0.3, -0.25) is 4.79 Å². The predicted molar refractivity (Wildman–Crippen MR) is 64.3 cm³/mol. The number of ketones is 1. The van der Waals surface area contributed by atoms with Gasteiger partial charge in [0.1, 0.15) is 17.1 Å². The van der Waals surface area contributed by atoms with Crippen LogP contribution < -0.4 is 10.1 Å². The summed E-state index contributed by atoms with van der Waals surface area (Å²) in [5.74, 6) is -1.05. The van der Waals surface area contributed by atoms with Crippen LogP contribution >= 0.6 is 0 Å². The number of carbonyl (C=O) groups excluding carboxylic acids is 2. The van der Waals surface area contributed by atoms with E-state index in [1.165, 1.54) is 26.4 Å². The van der Waals surface area contributed by atoms with Gasteiger partial charge in [0.05, 0.1) is 26.3 Å². The molecule has 98 valence electrons. The number of carbonyl (C=O) groups is 2. The van der Waals surface area contributed by atoms with Crippen LogP contribution in [0.25, 0.3) is 0 Å². The molecule has 0 radical (unpaired) electrons. The lowest BCUT2D eigenvalue weighted by Gasteiger charge is -2.10. The largest absolute Gasteiger partial charge is 0.507 e. The number of ether oxygens (including phenoxy) is 2. The van der Waals surface area contributed by atoms with Crippen LogP contribution in [-0.2, 0) is 4.74 Å². The van der Waals surface area contributed by atoms with E-state index in [9.17, 15) is 14.7 Å². The molecule has 1 aromatic carbocycles. The Morgan fingerprint density at radius 1 is 1.28 bits per heavy atom. The van der Waals surface area contributed by atoms with Gasteiger partial charge >= 0.3 is 5.97 Å². The van der Waals surface area contributed by atoms with Crippen molar-refractivity contribution < 1.29 is 24.2 Å². The van der Waals surface area contributed by atoms with Crippen LogP contribution in [0.5, 0.6) is 11.5 Å². The van der Waals surface area contributed by atoms with Crippen LogP contribution in [0, 0.1) is 0 Å². The van der Waals surface area contributed by atoms with Crippen LogP contribution in [0.3, 0.4) is 0 Å².